The molecule has 1 amide bonds. The third-order valence-electron chi connectivity index (χ3n) is 5.42. The fraction of sp³-hybridized carbons (Fsp3) is 0.650. The van der Waals surface area contributed by atoms with E-state index in [4.69, 9.17) is 16.3 Å². The van der Waals surface area contributed by atoms with E-state index in [9.17, 15) is 9.18 Å². The lowest BCUT2D eigenvalue weighted by atomic mass is 10.0. The summed E-state index contributed by atoms with van der Waals surface area (Å²) in [6, 6.07) is 4.24. The second-order valence-electron chi connectivity index (χ2n) is 7.47. The Morgan fingerprint density at radius 2 is 1.96 bits per heavy atom. The Labute approximate surface area is 160 Å². The van der Waals surface area contributed by atoms with E-state index in [1.807, 2.05) is 0 Å². The summed E-state index contributed by atoms with van der Waals surface area (Å²) in [7, 11) is 0. The van der Waals surface area contributed by atoms with Gasteiger partial charge in [-0.1, -0.05) is 24.4 Å². The first-order chi connectivity index (χ1) is 12.6. The summed E-state index contributed by atoms with van der Waals surface area (Å²) >= 11 is 5.90. The molecule has 1 aromatic rings. The third kappa shape index (κ3) is 5.85. The zero-order valence-corrected chi connectivity index (χ0v) is 15.9. The maximum Gasteiger partial charge on any atom is 0.223 e. The molecule has 0 unspecified atom stereocenters. The molecule has 0 aromatic heterocycles. The largest absolute Gasteiger partial charge is 0.491 e. The number of ether oxygens (including phenoxy) is 1. The molecule has 0 bridgehead atoms. The second-order valence-corrected chi connectivity index (χ2v) is 7.87. The number of hydrogen-bond donors (Lipinski definition) is 1. The van der Waals surface area contributed by atoms with Crippen LogP contribution in [0.3, 0.4) is 0 Å². The number of nitrogens with zero attached hydrogens (tertiary/aromatic N) is 1. The molecule has 0 radical (unpaired) electrons. The topological polar surface area (TPSA) is 41.6 Å². The molecule has 1 saturated heterocycles. The van der Waals surface area contributed by atoms with Crippen LogP contribution in [0, 0.1) is 11.7 Å². The van der Waals surface area contributed by atoms with E-state index in [0.29, 0.717) is 5.75 Å². The van der Waals surface area contributed by atoms with Gasteiger partial charge >= 0.3 is 0 Å². The summed E-state index contributed by atoms with van der Waals surface area (Å²) in [5.41, 5.74) is 0. The second kappa shape index (κ2) is 9.56. The van der Waals surface area contributed by atoms with Crippen LogP contribution in [-0.4, -0.2) is 43.1 Å². The first-order valence-electron chi connectivity index (χ1n) is 9.70. The molecule has 0 spiro atoms. The van der Waals surface area contributed by atoms with Gasteiger partial charge in [0, 0.05) is 25.7 Å². The predicted molar refractivity (Wildman–Crippen MR) is 101 cm³/mol. The molecule has 1 aliphatic carbocycles. The number of halogens is 2. The normalized spacial score (nSPS) is 19.6. The van der Waals surface area contributed by atoms with Crippen molar-refractivity contribution in [3.05, 3.63) is 29.0 Å². The summed E-state index contributed by atoms with van der Waals surface area (Å²) in [5, 5.41) is 3.33. The smallest absolute Gasteiger partial charge is 0.223 e. The van der Waals surface area contributed by atoms with Crippen molar-refractivity contribution in [2.24, 2.45) is 5.92 Å². The van der Waals surface area contributed by atoms with Gasteiger partial charge in [0.25, 0.3) is 0 Å². The fourth-order valence-electron chi connectivity index (χ4n) is 3.96. The summed E-state index contributed by atoms with van der Waals surface area (Å²) in [4.78, 5) is 14.7. The van der Waals surface area contributed by atoms with Gasteiger partial charge < -0.3 is 15.0 Å². The van der Waals surface area contributed by atoms with Gasteiger partial charge in [0.05, 0.1) is 18.1 Å². The predicted octanol–water partition coefficient (Wildman–Crippen LogP) is 4.02. The van der Waals surface area contributed by atoms with E-state index >= 15 is 0 Å². The number of likely N-dealkylation sites (tertiary alicyclic amines) is 1. The van der Waals surface area contributed by atoms with E-state index in [0.717, 1.165) is 31.8 Å². The number of carbonyl (C=O) groups excluding carboxylic acids is 1. The van der Waals surface area contributed by atoms with Crippen molar-refractivity contribution in [2.45, 2.75) is 51.0 Å². The number of benzene rings is 1. The van der Waals surface area contributed by atoms with Crippen LogP contribution in [0.15, 0.2) is 18.2 Å². The molecule has 6 heteroatoms. The highest BCUT2D eigenvalue weighted by Gasteiger charge is 2.24. The molecule has 3 rings (SSSR count). The van der Waals surface area contributed by atoms with Gasteiger partial charge in [-0.05, 0) is 49.8 Å². The number of nitrogens with one attached hydrogen (secondary N) is 1. The molecule has 1 heterocycles. The Morgan fingerprint density at radius 1 is 1.23 bits per heavy atom. The molecule has 0 atom stereocenters. The minimum Gasteiger partial charge on any atom is -0.491 e. The van der Waals surface area contributed by atoms with Gasteiger partial charge in [-0.2, -0.15) is 0 Å². The molecule has 1 N–H and O–H groups in total. The van der Waals surface area contributed by atoms with Crippen molar-refractivity contribution in [3.63, 3.8) is 0 Å². The molecule has 26 heavy (non-hydrogen) atoms. The van der Waals surface area contributed by atoms with Gasteiger partial charge in [-0.25, -0.2) is 4.39 Å². The zero-order valence-electron chi connectivity index (χ0n) is 15.2. The molecule has 2 fully saturated rings. The van der Waals surface area contributed by atoms with Crippen molar-refractivity contribution in [3.8, 4) is 5.75 Å². The van der Waals surface area contributed by atoms with Crippen LogP contribution in [0.2, 0.25) is 5.02 Å². The van der Waals surface area contributed by atoms with Crippen molar-refractivity contribution >= 4 is 17.5 Å². The highest BCUT2D eigenvalue weighted by Crippen LogP contribution is 2.27. The van der Waals surface area contributed by atoms with Crippen LogP contribution in [0.1, 0.15) is 44.9 Å². The van der Waals surface area contributed by atoms with Crippen molar-refractivity contribution in [2.75, 3.05) is 26.2 Å². The number of amides is 1. The molecule has 144 valence electrons. The minimum absolute atomic E-state index is 0.00234. The van der Waals surface area contributed by atoms with Gasteiger partial charge in [-0.15, -0.1) is 0 Å². The third-order valence-corrected chi connectivity index (χ3v) is 5.72. The zero-order chi connectivity index (χ0) is 18.4. The van der Waals surface area contributed by atoms with Gasteiger partial charge in [0.1, 0.15) is 11.6 Å². The van der Waals surface area contributed by atoms with Gasteiger partial charge in [0.15, 0.2) is 0 Å². The highest BCUT2D eigenvalue weighted by atomic mass is 35.5. The van der Waals surface area contributed by atoms with E-state index < -0.39 is 5.82 Å². The van der Waals surface area contributed by atoms with Crippen LogP contribution < -0.4 is 10.1 Å². The van der Waals surface area contributed by atoms with Gasteiger partial charge in [-0.3, -0.25) is 4.79 Å². The molecular formula is C20H28ClFN2O2. The number of piperidine rings is 1. The minimum atomic E-state index is -0.403. The Kier molecular flexibility index (Phi) is 7.15. The Balaban J connectivity index is 1.31. The van der Waals surface area contributed by atoms with Crippen LogP contribution in [0.4, 0.5) is 4.39 Å². The molecule has 4 nitrogen and oxygen atoms in total. The van der Waals surface area contributed by atoms with Crippen molar-refractivity contribution in [1.82, 2.24) is 10.2 Å². The van der Waals surface area contributed by atoms with Crippen LogP contribution in [0.5, 0.6) is 5.75 Å². The SMILES string of the molecule is O=C(CCOc1ccc(F)cc1Cl)NC1CCN(CC2CCCC2)CC1. The standard InChI is InChI=1S/C20H28ClFN2O2/c21-18-13-16(22)5-6-19(18)26-12-9-20(25)23-17-7-10-24(11-8-17)14-15-3-1-2-4-15/h5-6,13,15,17H,1-4,7-12,14H2,(H,23,25). The molecule has 1 aromatic carbocycles. The van der Waals surface area contributed by atoms with Crippen LogP contribution in [-0.2, 0) is 4.79 Å². The number of carbonyl (C=O) groups is 1. The van der Waals surface area contributed by atoms with E-state index in [2.05, 4.69) is 10.2 Å². The maximum absolute atomic E-state index is 13.0. The fourth-order valence-corrected chi connectivity index (χ4v) is 4.19. The lowest BCUT2D eigenvalue weighted by molar-refractivity contribution is -0.122. The summed E-state index contributed by atoms with van der Waals surface area (Å²) in [6.07, 6.45) is 7.86. The number of rotatable bonds is 7. The van der Waals surface area contributed by atoms with Crippen LogP contribution in [0.25, 0.3) is 0 Å². The molecular weight excluding hydrogens is 355 g/mol. The molecule has 1 saturated carbocycles. The molecule has 2 aliphatic rings. The Morgan fingerprint density at radius 3 is 2.65 bits per heavy atom. The van der Waals surface area contributed by atoms with Crippen molar-refractivity contribution in [1.29, 1.82) is 0 Å². The highest BCUT2D eigenvalue weighted by molar-refractivity contribution is 6.32. The average Bonchev–Trinajstić information content (AvgIpc) is 3.12. The van der Waals surface area contributed by atoms with E-state index in [-0.39, 0.29) is 30.0 Å². The van der Waals surface area contributed by atoms with E-state index in [1.54, 1.807) is 0 Å². The van der Waals surface area contributed by atoms with E-state index in [1.165, 1.54) is 50.4 Å². The summed E-state index contributed by atoms with van der Waals surface area (Å²) in [6.45, 7) is 3.61. The summed E-state index contributed by atoms with van der Waals surface area (Å²) in [5.74, 6) is 0.884. The van der Waals surface area contributed by atoms with Crippen LogP contribution >= 0.6 is 11.6 Å². The molecule has 1 aliphatic heterocycles. The maximum atomic E-state index is 13.0. The number of hydrogen-bond acceptors (Lipinski definition) is 3. The quantitative estimate of drug-likeness (QED) is 0.774. The van der Waals surface area contributed by atoms with Gasteiger partial charge in [0.2, 0.25) is 5.91 Å². The Hall–Kier alpha value is -1.33. The average molecular weight is 383 g/mol. The summed E-state index contributed by atoms with van der Waals surface area (Å²) < 4.78 is 18.5. The van der Waals surface area contributed by atoms with Crippen molar-refractivity contribution < 1.29 is 13.9 Å². The Bertz CT molecular complexity index is 599. The first kappa shape index (κ1) is 19.4. The lowest BCUT2D eigenvalue weighted by Crippen LogP contribution is -2.45. The monoisotopic (exact) mass is 382 g/mol. The first-order valence-corrected chi connectivity index (χ1v) is 10.1. The lowest BCUT2D eigenvalue weighted by Gasteiger charge is -2.33.